The number of thiol groups is 1. The predicted octanol–water partition coefficient (Wildman–Crippen LogP) is 2.67. The molecule has 0 aliphatic carbocycles. The Morgan fingerprint density at radius 3 is 2.62 bits per heavy atom. The molecule has 0 saturated carbocycles. The lowest BCUT2D eigenvalue weighted by Gasteiger charge is -2.05. The molecule has 1 aromatic carbocycles. The molecule has 0 unspecified atom stereocenters. The zero-order valence-corrected chi connectivity index (χ0v) is 10.3. The number of ether oxygens (including phenoxy) is 1. The second-order valence-electron chi connectivity index (χ2n) is 2.59. The van der Waals surface area contributed by atoms with Crippen LogP contribution in [0.3, 0.4) is 0 Å². The Balaban J connectivity index is 3.20. The molecular weight excluding hydrogens is 299 g/mol. The second kappa shape index (κ2) is 4.32. The minimum atomic E-state index is -0.326. The van der Waals surface area contributed by atoms with Crippen molar-refractivity contribution in [2.45, 2.75) is 11.8 Å². The topological polar surface area (TPSA) is 26.3 Å². The average molecular weight is 308 g/mol. The van der Waals surface area contributed by atoms with E-state index in [2.05, 4.69) is 40.0 Å². The number of carbonyl (C=O) groups excluding carboxylic acids is 1. The summed E-state index contributed by atoms with van der Waals surface area (Å²) in [5.74, 6) is -0.326. The normalized spacial score (nSPS) is 9.85. The maximum Gasteiger partial charge on any atom is 0.337 e. The van der Waals surface area contributed by atoms with Gasteiger partial charge in [-0.05, 0) is 47.2 Å². The first-order valence-corrected chi connectivity index (χ1v) is 5.16. The lowest BCUT2D eigenvalue weighted by Crippen LogP contribution is -2.02. The van der Waals surface area contributed by atoms with E-state index >= 15 is 0 Å². The van der Waals surface area contributed by atoms with Crippen LogP contribution in [0.5, 0.6) is 0 Å². The van der Waals surface area contributed by atoms with Crippen molar-refractivity contribution in [3.8, 4) is 0 Å². The van der Waals surface area contributed by atoms with E-state index in [9.17, 15) is 4.79 Å². The van der Waals surface area contributed by atoms with E-state index < -0.39 is 0 Å². The van der Waals surface area contributed by atoms with Gasteiger partial charge in [-0.3, -0.25) is 0 Å². The largest absolute Gasteiger partial charge is 0.465 e. The standard InChI is InChI=1S/C9H9IO2S/c1-5-7(10)3-6(4-8(5)13)9(11)12-2/h3-4,13H,1-2H3. The molecule has 13 heavy (non-hydrogen) atoms. The molecule has 0 fully saturated rings. The van der Waals surface area contributed by atoms with Gasteiger partial charge in [-0.25, -0.2) is 4.79 Å². The molecule has 0 heterocycles. The van der Waals surface area contributed by atoms with Gasteiger partial charge in [0.15, 0.2) is 0 Å². The van der Waals surface area contributed by atoms with Crippen molar-refractivity contribution in [1.29, 1.82) is 0 Å². The minimum Gasteiger partial charge on any atom is -0.465 e. The maximum atomic E-state index is 11.2. The molecular formula is C9H9IO2S. The summed E-state index contributed by atoms with van der Waals surface area (Å²) >= 11 is 6.43. The highest BCUT2D eigenvalue weighted by atomic mass is 127. The zero-order chi connectivity index (χ0) is 10.0. The van der Waals surface area contributed by atoms with Crippen molar-refractivity contribution in [3.05, 3.63) is 26.8 Å². The van der Waals surface area contributed by atoms with Gasteiger partial charge >= 0.3 is 5.97 Å². The fraction of sp³-hybridized carbons (Fsp3) is 0.222. The van der Waals surface area contributed by atoms with E-state index in [1.165, 1.54) is 7.11 Å². The van der Waals surface area contributed by atoms with Crippen LogP contribution in [0, 0.1) is 10.5 Å². The first-order chi connectivity index (χ1) is 6.06. The van der Waals surface area contributed by atoms with Crippen LogP contribution in [0.15, 0.2) is 17.0 Å². The third-order valence-corrected chi connectivity index (χ3v) is 3.32. The smallest absolute Gasteiger partial charge is 0.337 e. The molecule has 0 atom stereocenters. The Labute approximate surface area is 96.2 Å². The highest BCUT2D eigenvalue weighted by Gasteiger charge is 2.09. The van der Waals surface area contributed by atoms with E-state index in [0.29, 0.717) is 5.56 Å². The molecule has 1 rings (SSSR count). The summed E-state index contributed by atoms with van der Waals surface area (Å²) in [5, 5.41) is 0. The predicted molar refractivity (Wildman–Crippen MR) is 62.5 cm³/mol. The van der Waals surface area contributed by atoms with Gasteiger partial charge in [0, 0.05) is 8.47 Å². The summed E-state index contributed by atoms with van der Waals surface area (Å²) in [7, 11) is 1.37. The van der Waals surface area contributed by atoms with Gasteiger partial charge < -0.3 is 4.74 Å². The van der Waals surface area contributed by atoms with Gasteiger partial charge in [-0.15, -0.1) is 12.6 Å². The van der Waals surface area contributed by atoms with Crippen LogP contribution in [0.25, 0.3) is 0 Å². The molecule has 2 nitrogen and oxygen atoms in total. The van der Waals surface area contributed by atoms with Crippen molar-refractivity contribution < 1.29 is 9.53 Å². The number of hydrogen-bond acceptors (Lipinski definition) is 3. The van der Waals surface area contributed by atoms with E-state index in [4.69, 9.17) is 0 Å². The minimum absolute atomic E-state index is 0.326. The third-order valence-electron chi connectivity index (χ3n) is 1.74. The van der Waals surface area contributed by atoms with Gasteiger partial charge in [0.05, 0.1) is 12.7 Å². The zero-order valence-electron chi connectivity index (χ0n) is 7.30. The van der Waals surface area contributed by atoms with Crippen molar-refractivity contribution in [2.75, 3.05) is 7.11 Å². The van der Waals surface area contributed by atoms with Crippen molar-refractivity contribution in [1.82, 2.24) is 0 Å². The summed E-state index contributed by atoms with van der Waals surface area (Å²) in [4.78, 5) is 12.0. The van der Waals surface area contributed by atoms with Crippen LogP contribution in [-0.2, 0) is 4.74 Å². The monoisotopic (exact) mass is 308 g/mol. The number of carbonyl (C=O) groups is 1. The molecule has 70 valence electrons. The number of hydrogen-bond donors (Lipinski definition) is 1. The molecule has 0 radical (unpaired) electrons. The molecule has 1 aromatic rings. The third kappa shape index (κ3) is 2.37. The van der Waals surface area contributed by atoms with Crippen LogP contribution in [0.1, 0.15) is 15.9 Å². The van der Waals surface area contributed by atoms with E-state index in [-0.39, 0.29) is 5.97 Å². The van der Waals surface area contributed by atoms with Crippen molar-refractivity contribution >= 4 is 41.2 Å². The summed E-state index contributed by atoms with van der Waals surface area (Å²) in [5.41, 5.74) is 1.62. The van der Waals surface area contributed by atoms with E-state index in [1.54, 1.807) is 12.1 Å². The van der Waals surface area contributed by atoms with Gasteiger partial charge in [0.25, 0.3) is 0 Å². The van der Waals surface area contributed by atoms with Crippen molar-refractivity contribution in [3.63, 3.8) is 0 Å². The summed E-state index contributed by atoms with van der Waals surface area (Å²) in [6.07, 6.45) is 0. The van der Waals surface area contributed by atoms with Crippen LogP contribution in [0.4, 0.5) is 0 Å². The van der Waals surface area contributed by atoms with Gasteiger partial charge in [-0.2, -0.15) is 0 Å². The average Bonchev–Trinajstić information content (AvgIpc) is 2.12. The molecule has 0 aromatic heterocycles. The first-order valence-electron chi connectivity index (χ1n) is 3.63. The van der Waals surface area contributed by atoms with Crippen molar-refractivity contribution in [2.24, 2.45) is 0 Å². The molecule has 0 saturated heterocycles. The molecule has 4 heteroatoms. The Kier molecular flexibility index (Phi) is 3.61. The molecule has 0 aliphatic rings. The molecule has 0 N–H and O–H groups in total. The Hall–Kier alpha value is -0.230. The van der Waals surface area contributed by atoms with Crippen LogP contribution < -0.4 is 0 Å². The summed E-state index contributed by atoms with van der Waals surface area (Å²) < 4.78 is 5.63. The Morgan fingerprint density at radius 2 is 2.15 bits per heavy atom. The maximum absolute atomic E-state index is 11.2. The van der Waals surface area contributed by atoms with Crippen LogP contribution in [-0.4, -0.2) is 13.1 Å². The molecule has 0 spiro atoms. The first kappa shape index (κ1) is 10.8. The molecule has 0 bridgehead atoms. The fourth-order valence-corrected chi connectivity index (χ4v) is 2.00. The Bertz CT molecular complexity index is 326. The lowest BCUT2D eigenvalue weighted by atomic mass is 10.1. The Morgan fingerprint density at radius 1 is 1.54 bits per heavy atom. The summed E-state index contributed by atoms with van der Waals surface area (Å²) in [6, 6.07) is 3.51. The number of halogens is 1. The number of benzene rings is 1. The van der Waals surface area contributed by atoms with Crippen LogP contribution in [0.2, 0.25) is 0 Å². The van der Waals surface area contributed by atoms with E-state index in [0.717, 1.165) is 14.0 Å². The molecule has 0 aliphatic heterocycles. The van der Waals surface area contributed by atoms with Gasteiger partial charge in [0.2, 0.25) is 0 Å². The quantitative estimate of drug-likeness (QED) is 0.490. The van der Waals surface area contributed by atoms with Gasteiger partial charge in [-0.1, -0.05) is 0 Å². The number of esters is 1. The SMILES string of the molecule is COC(=O)c1cc(S)c(C)c(I)c1. The summed E-state index contributed by atoms with van der Waals surface area (Å²) in [6.45, 7) is 1.96. The second-order valence-corrected chi connectivity index (χ2v) is 4.24. The molecule has 0 amide bonds. The number of methoxy groups -OCH3 is 1. The fourth-order valence-electron chi connectivity index (χ4n) is 0.900. The number of rotatable bonds is 1. The van der Waals surface area contributed by atoms with Gasteiger partial charge in [0.1, 0.15) is 0 Å². The van der Waals surface area contributed by atoms with Crippen LogP contribution >= 0.6 is 35.2 Å². The highest BCUT2D eigenvalue weighted by molar-refractivity contribution is 14.1. The highest BCUT2D eigenvalue weighted by Crippen LogP contribution is 2.21. The lowest BCUT2D eigenvalue weighted by molar-refractivity contribution is 0.0600. The van der Waals surface area contributed by atoms with E-state index in [1.807, 2.05) is 6.92 Å².